The number of aromatic nitrogens is 4. The molecule has 0 spiro atoms. The van der Waals surface area contributed by atoms with Gasteiger partial charge in [-0.2, -0.15) is 0 Å². The van der Waals surface area contributed by atoms with Crippen LogP contribution < -0.4 is 0 Å². The van der Waals surface area contributed by atoms with E-state index in [0.717, 1.165) is 70.5 Å². The van der Waals surface area contributed by atoms with E-state index in [-0.39, 0.29) is 17.1 Å². The minimum Gasteiger partial charge on any atom is -0.355 e. The molecule has 0 aliphatic carbocycles. The van der Waals surface area contributed by atoms with Crippen LogP contribution in [0.1, 0.15) is 99.4 Å². The van der Waals surface area contributed by atoms with Crippen LogP contribution in [0.2, 0.25) is 0 Å². The van der Waals surface area contributed by atoms with Crippen molar-refractivity contribution in [3.05, 3.63) is 69.3 Å². The molecule has 0 saturated heterocycles. The molecule has 0 atom stereocenters. The van der Waals surface area contributed by atoms with Gasteiger partial charge in [0.1, 0.15) is 0 Å². The Hall–Kier alpha value is -2.88. The van der Waals surface area contributed by atoms with Crippen molar-refractivity contribution in [2.75, 3.05) is 0 Å². The normalized spacial score (nSPS) is 13.4. The number of hydrogen-bond donors (Lipinski definition) is 2. The molecule has 2 N–H and O–H groups in total. The standard InChI is InChI=1S/C32H38N4.Cu/c1-9-21-17(5)25-13-26-19(7)23(11-3)31(35-26)16-32-24(12-4)20(8)28(36-32)14-27-18(6)22(10-2)30(34-27)15-29(21)33-25;/h13-16,33,36H,9-12H2,1-8H3;. The summed E-state index contributed by atoms with van der Waals surface area (Å²) in [6.07, 6.45) is 3.86. The van der Waals surface area contributed by atoms with E-state index in [2.05, 4.69) is 89.6 Å². The molecule has 5 heteroatoms. The zero-order valence-corrected chi connectivity index (χ0v) is 24.3. The van der Waals surface area contributed by atoms with Gasteiger partial charge in [0.15, 0.2) is 0 Å². The second-order valence-electron chi connectivity index (χ2n) is 10.1. The Morgan fingerprint density at radius 2 is 0.865 bits per heavy atom. The van der Waals surface area contributed by atoms with Gasteiger partial charge >= 0.3 is 0 Å². The van der Waals surface area contributed by atoms with E-state index in [0.29, 0.717) is 0 Å². The molecule has 197 valence electrons. The summed E-state index contributed by atoms with van der Waals surface area (Å²) in [7, 11) is 0. The Morgan fingerprint density at radius 1 is 0.514 bits per heavy atom. The predicted molar refractivity (Wildman–Crippen MR) is 155 cm³/mol. The van der Waals surface area contributed by atoms with E-state index in [9.17, 15) is 0 Å². The third-order valence-corrected chi connectivity index (χ3v) is 8.21. The fraction of sp³-hybridized carbons (Fsp3) is 0.375. The van der Waals surface area contributed by atoms with Gasteiger partial charge in [0.25, 0.3) is 0 Å². The monoisotopic (exact) mass is 541 g/mol. The molecule has 3 aromatic heterocycles. The largest absolute Gasteiger partial charge is 0.355 e. The zero-order chi connectivity index (χ0) is 25.7. The van der Waals surface area contributed by atoms with Crippen molar-refractivity contribution in [2.24, 2.45) is 0 Å². The van der Waals surface area contributed by atoms with Gasteiger partial charge in [0, 0.05) is 39.1 Å². The van der Waals surface area contributed by atoms with Crippen molar-refractivity contribution >= 4 is 44.4 Å². The zero-order valence-electron chi connectivity index (χ0n) is 23.3. The van der Waals surface area contributed by atoms with Crippen LogP contribution in [-0.4, -0.2) is 19.9 Å². The Kier molecular flexibility index (Phi) is 7.69. The van der Waals surface area contributed by atoms with Crippen LogP contribution in [0.3, 0.4) is 0 Å². The molecular formula is C32H38CuN4. The number of H-pyrrole nitrogens is 2. The van der Waals surface area contributed by atoms with Crippen LogP contribution in [0, 0.1) is 13.8 Å². The second kappa shape index (κ2) is 10.5. The molecule has 1 radical (unpaired) electrons. The number of aromatic amines is 2. The molecule has 5 heterocycles. The van der Waals surface area contributed by atoms with Gasteiger partial charge < -0.3 is 9.97 Å². The molecule has 2 aliphatic heterocycles. The average Bonchev–Trinajstić information content (AvgIpc) is 3.51. The van der Waals surface area contributed by atoms with E-state index >= 15 is 0 Å². The summed E-state index contributed by atoms with van der Waals surface area (Å²) in [5, 5.41) is 0. The summed E-state index contributed by atoms with van der Waals surface area (Å²) < 4.78 is 0. The fourth-order valence-electron chi connectivity index (χ4n) is 6.02. The van der Waals surface area contributed by atoms with Crippen LogP contribution in [0.25, 0.3) is 44.4 Å². The number of rotatable bonds is 4. The first-order valence-corrected chi connectivity index (χ1v) is 13.4. The molecule has 37 heavy (non-hydrogen) atoms. The molecule has 4 nitrogen and oxygen atoms in total. The van der Waals surface area contributed by atoms with E-state index in [1.54, 1.807) is 0 Å². The van der Waals surface area contributed by atoms with Crippen molar-refractivity contribution in [3.63, 3.8) is 0 Å². The minimum absolute atomic E-state index is 0. The third kappa shape index (κ3) is 4.43. The van der Waals surface area contributed by atoms with E-state index in [4.69, 9.17) is 9.97 Å². The first kappa shape index (κ1) is 27.2. The Balaban J connectivity index is 0.00000320. The van der Waals surface area contributed by atoms with Gasteiger partial charge in [0.05, 0.1) is 22.8 Å². The number of aryl methyl sites for hydroxylation is 4. The van der Waals surface area contributed by atoms with Gasteiger partial charge in [-0.15, -0.1) is 0 Å². The van der Waals surface area contributed by atoms with Gasteiger partial charge in [-0.3, -0.25) is 0 Å². The maximum absolute atomic E-state index is 5.15. The first-order chi connectivity index (χ1) is 17.3. The quantitative estimate of drug-likeness (QED) is 0.324. The van der Waals surface area contributed by atoms with Gasteiger partial charge in [-0.05, 0) is 122 Å². The smallest absolute Gasteiger partial charge is 0.0693 e. The first-order valence-electron chi connectivity index (χ1n) is 13.4. The van der Waals surface area contributed by atoms with Crippen LogP contribution in [0.5, 0.6) is 0 Å². The van der Waals surface area contributed by atoms with Gasteiger partial charge in [-0.25, -0.2) is 9.97 Å². The summed E-state index contributed by atoms with van der Waals surface area (Å²) in [6, 6.07) is 8.98. The van der Waals surface area contributed by atoms with Crippen molar-refractivity contribution < 1.29 is 17.1 Å². The van der Waals surface area contributed by atoms with E-state index in [1.807, 2.05) is 0 Å². The average molecular weight is 542 g/mol. The number of nitrogens with zero attached hydrogens (tertiary/aromatic N) is 2. The van der Waals surface area contributed by atoms with Crippen molar-refractivity contribution in [1.82, 2.24) is 19.9 Å². The van der Waals surface area contributed by atoms with Crippen molar-refractivity contribution in [3.8, 4) is 0 Å². The molecule has 3 aromatic rings. The minimum atomic E-state index is 0. The maximum atomic E-state index is 5.15. The molecule has 5 rings (SSSR count). The van der Waals surface area contributed by atoms with E-state index in [1.165, 1.54) is 44.5 Å². The molecule has 0 fully saturated rings. The second-order valence-corrected chi connectivity index (χ2v) is 10.1. The van der Waals surface area contributed by atoms with Crippen molar-refractivity contribution in [1.29, 1.82) is 0 Å². The van der Waals surface area contributed by atoms with Gasteiger partial charge in [0.2, 0.25) is 0 Å². The molecule has 0 unspecified atom stereocenters. The molecular weight excluding hydrogens is 504 g/mol. The summed E-state index contributed by atoms with van der Waals surface area (Å²) in [6.45, 7) is 17.8. The third-order valence-electron chi connectivity index (χ3n) is 8.21. The summed E-state index contributed by atoms with van der Waals surface area (Å²) >= 11 is 0. The molecule has 0 aromatic carbocycles. The van der Waals surface area contributed by atoms with Crippen LogP contribution in [0.4, 0.5) is 0 Å². The van der Waals surface area contributed by atoms with Crippen LogP contribution >= 0.6 is 0 Å². The van der Waals surface area contributed by atoms with Crippen LogP contribution in [0.15, 0.2) is 24.3 Å². The van der Waals surface area contributed by atoms with E-state index < -0.39 is 0 Å². The molecule has 2 aliphatic rings. The van der Waals surface area contributed by atoms with Crippen molar-refractivity contribution in [2.45, 2.75) is 81.1 Å². The number of allylic oxidation sites excluding steroid dienone is 4. The van der Waals surface area contributed by atoms with Gasteiger partial charge in [-0.1, -0.05) is 27.7 Å². The molecule has 8 bridgehead atoms. The predicted octanol–water partition coefficient (Wildman–Crippen LogP) is 8.74. The Bertz CT molecular complexity index is 1490. The number of fused-ring (bicyclic) bond motifs is 8. The number of nitrogens with one attached hydrogen (secondary N) is 2. The summed E-state index contributed by atoms with van der Waals surface area (Å²) in [5.41, 5.74) is 19.3. The Morgan fingerprint density at radius 3 is 1.19 bits per heavy atom. The fourth-order valence-corrected chi connectivity index (χ4v) is 6.02. The number of hydrogen-bond acceptors (Lipinski definition) is 2. The molecule has 0 amide bonds. The summed E-state index contributed by atoms with van der Waals surface area (Å²) in [4.78, 5) is 17.7. The topological polar surface area (TPSA) is 57.4 Å². The molecule has 0 saturated carbocycles. The van der Waals surface area contributed by atoms with Crippen LogP contribution in [-0.2, 0) is 29.9 Å². The Labute approximate surface area is 231 Å². The maximum Gasteiger partial charge on any atom is 0.0693 e. The SMILES string of the molecule is CCC1=C(C)c2cc3[nH]c(cc4nc(cc5[nH]c(cc1n2)c(CC)c5C)C(C)=C4CC)c(CC)c3C.[Cu]. The summed E-state index contributed by atoms with van der Waals surface area (Å²) in [5.74, 6) is 0.